The third-order valence-electron chi connectivity index (χ3n) is 6.32. The maximum Gasteiger partial charge on any atom is 0.316 e. The predicted octanol–water partition coefficient (Wildman–Crippen LogP) is 2.46. The van der Waals surface area contributed by atoms with Crippen molar-refractivity contribution < 1.29 is 13.2 Å². The van der Waals surface area contributed by atoms with Crippen LogP contribution in [0.25, 0.3) is 5.69 Å². The molecule has 1 aromatic carbocycles. The molecule has 9 nitrogen and oxygen atoms in total. The van der Waals surface area contributed by atoms with Gasteiger partial charge in [-0.25, -0.2) is 13.4 Å². The van der Waals surface area contributed by atoms with Crippen molar-refractivity contribution >= 4 is 15.7 Å². The molecule has 0 atom stereocenters. The van der Waals surface area contributed by atoms with Gasteiger partial charge in [0.05, 0.1) is 18.0 Å². The zero-order chi connectivity index (χ0) is 23.5. The third kappa shape index (κ3) is 4.43. The minimum absolute atomic E-state index is 0.00361. The van der Waals surface area contributed by atoms with E-state index < -0.39 is 10.0 Å². The molecule has 1 aliphatic heterocycles. The minimum Gasteiger partial charge on any atom is -0.483 e. The molecule has 5 rings (SSSR count). The van der Waals surface area contributed by atoms with Crippen molar-refractivity contribution in [2.75, 3.05) is 31.1 Å². The average Bonchev–Trinajstić information content (AvgIpc) is 3.40. The molecular formula is C24H27N5O4S. The average molecular weight is 482 g/mol. The monoisotopic (exact) mass is 481 g/mol. The summed E-state index contributed by atoms with van der Waals surface area (Å²) >= 11 is 0. The third-order valence-corrected chi connectivity index (χ3v) is 8.14. The highest BCUT2D eigenvalue weighted by atomic mass is 32.2. The number of nitrogens with zero attached hydrogens (tertiary/aromatic N) is 5. The number of pyridine rings is 1. The lowest BCUT2D eigenvalue weighted by atomic mass is 10.2. The number of rotatable bonds is 6. The fourth-order valence-corrected chi connectivity index (χ4v) is 5.85. The van der Waals surface area contributed by atoms with E-state index in [4.69, 9.17) is 4.74 Å². The molecule has 34 heavy (non-hydrogen) atoms. The standard InChI is InChI=1S/C24H27N5O4S/c30-24-23(33-20-10-4-5-11-20)21(18-26-29(24)19-8-2-1-3-9-19)27-14-16-28(17-15-27)34(31,32)22-12-6-7-13-25-22/h1-3,6-9,12-13,18,20H,4-5,10-11,14-17H2. The van der Waals surface area contributed by atoms with Crippen molar-refractivity contribution in [3.8, 4) is 11.4 Å². The van der Waals surface area contributed by atoms with Crippen LogP contribution < -0.4 is 15.2 Å². The molecule has 2 aliphatic rings. The number of hydrogen-bond donors (Lipinski definition) is 0. The van der Waals surface area contributed by atoms with Crippen LogP contribution in [0, 0.1) is 0 Å². The number of anilines is 1. The Morgan fingerprint density at radius 2 is 1.62 bits per heavy atom. The number of piperazine rings is 1. The topological polar surface area (TPSA) is 97.6 Å². The number of para-hydroxylation sites is 1. The quantitative estimate of drug-likeness (QED) is 0.533. The first-order chi connectivity index (χ1) is 16.5. The summed E-state index contributed by atoms with van der Waals surface area (Å²) in [7, 11) is -3.66. The summed E-state index contributed by atoms with van der Waals surface area (Å²) in [6.45, 7) is 1.40. The Kier molecular flexibility index (Phi) is 6.34. The molecule has 1 aliphatic carbocycles. The molecular weight excluding hydrogens is 454 g/mol. The van der Waals surface area contributed by atoms with Gasteiger partial charge in [0.1, 0.15) is 5.69 Å². The molecule has 10 heteroatoms. The van der Waals surface area contributed by atoms with Crippen molar-refractivity contribution in [1.82, 2.24) is 19.1 Å². The summed E-state index contributed by atoms with van der Waals surface area (Å²) in [5.74, 6) is 0.284. The van der Waals surface area contributed by atoms with Crippen LogP contribution in [0.1, 0.15) is 25.7 Å². The Hall–Kier alpha value is -3.24. The van der Waals surface area contributed by atoms with Gasteiger partial charge >= 0.3 is 5.56 Å². The van der Waals surface area contributed by atoms with Crippen LogP contribution in [0.4, 0.5) is 5.69 Å². The van der Waals surface area contributed by atoms with E-state index in [9.17, 15) is 13.2 Å². The van der Waals surface area contributed by atoms with E-state index >= 15 is 0 Å². The Morgan fingerprint density at radius 1 is 0.912 bits per heavy atom. The predicted molar refractivity (Wildman–Crippen MR) is 128 cm³/mol. The Morgan fingerprint density at radius 3 is 2.29 bits per heavy atom. The maximum absolute atomic E-state index is 13.5. The molecule has 1 saturated heterocycles. The zero-order valence-corrected chi connectivity index (χ0v) is 19.6. The molecule has 0 amide bonds. The summed E-state index contributed by atoms with van der Waals surface area (Å²) < 4.78 is 34.9. The van der Waals surface area contributed by atoms with Gasteiger partial charge < -0.3 is 9.64 Å². The van der Waals surface area contributed by atoms with Crippen molar-refractivity contribution in [2.45, 2.75) is 36.8 Å². The molecule has 178 valence electrons. The molecule has 0 bridgehead atoms. The van der Waals surface area contributed by atoms with Crippen LogP contribution in [-0.4, -0.2) is 59.8 Å². The molecule has 1 saturated carbocycles. The van der Waals surface area contributed by atoms with Gasteiger partial charge in [-0.1, -0.05) is 24.3 Å². The fourth-order valence-electron chi connectivity index (χ4n) is 4.49. The first kappa shape index (κ1) is 22.5. The second-order valence-corrected chi connectivity index (χ2v) is 10.4. The first-order valence-corrected chi connectivity index (χ1v) is 13.0. The van der Waals surface area contributed by atoms with Gasteiger partial charge in [0.15, 0.2) is 5.03 Å². The highest BCUT2D eigenvalue weighted by molar-refractivity contribution is 7.89. The Balaban J connectivity index is 1.42. The van der Waals surface area contributed by atoms with Gasteiger partial charge in [-0.15, -0.1) is 0 Å². The van der Waals surface area contributed by atoms with E-state index in [1.165, 1.54) is 21.3 Å². The van der Waals surface area contributed by atoms with E-state index in [0.717, 1.165) is 25.7 Å². The SMILES string of the molecule is O=c1c(OC2CCCC2)c(N2CCN(S(=O)(=O)c3ccccn3)CC2)cnn1-c1ccccc1. The Bertz CT molecular complexity index is 1280. The van der Waals surface area contributed by atoms with Gasteiger partial charge in [0.25, 0.3) is 10.0 Å². The van der Waals surface area contributed by atoms with E-state index in [2.05, 4.69) is 10.1 Å². The molecule has 2 fully saturated rings. The number of ether oxygens (including phenoxy) is 1. The van der Waals surface area contributed by atoms with Crippen molar-refractivity contribution in [1.29, 1.82) is 0 Å². The van der Waals surface area contributed by atoms with E-state index in [1.54, 1.807) is 18.3 Å². The Labute approximate surface area is 198 Å². The molecule has 3 heterocycles. The van der Waals surface area contributed by atoms with Gasteiger partial charge in [-0.2, -0.15) is 14.1 Å². The minimum atomic E-state index is -3.66. The fraction of sp³-hybridized carbons (Fsp3) is 0.375. The summed E-state index contributed by atoms with van der Waals surface area (Å²) in [5, 5.41) is 4.46. The van der Waals surface area contributed by atoms with E-state index in [1.807, 2.05) is 35.2 Å². The normalized spacial score (nSPS) is 17.7. The van der Waals surface area contributed by atoms with Crippen LogP contribution in [-0.2, 0) is 10.0 Å². The van der Waals surface area contributed by atoms with Gasteiger partial charge in [0.2, 0.25) is 5.75 Å². The van der Waals surface area contributed by atoms with E-state index in [0.29, 0.717) is 24.5 Å². The lowest BCUT2D eigenvalue weighted by Gasteiger charge is -2.35. The smallest absolute Gasteiger partial charge is 0.316 e. The van der Waals surface area contributed by atoms with Crippen LogP contribution in [0.5, 0.6) is 5.75 Å². The zero-order valence-electron chi connectivity index (χ0n) is 18.8. The lowest BCUT2D eigenvalue weighted by Crippen LogP contribution is -2.49. The maximum atomic E-state index is 13.5. The van der Waals surface area contributed by atoms with Crippen molar-refractivity contribution in [3.05, 3.63) is 71.3 Å². The number of sulfonamides is 1. The molecule has 0 spiro atoms. The lowest BCUT2D eigenvalue weighted by molar-refractivity contribution is 0.205. The van der Waals surface area contributed by atoms with Crippen molar-refractivity contribution in [3.63, 3.8) is 0 Å². The molecule has 0 radical (unpaired) electrons. The molecule has 0 unspecified atom stereocenters. The molecule has 2 aromatic heterocycles. The molecule has 0 N–H and O–H groups in total. The largest absolute Gasteiger partial charge is 0.483 e. The van der Waals surface area contributed by atoms with Gasteiger partial charge in [0, 0.05) is 32.4 Å². The summed E-state index contributed by atoms with van der Waals surface area (Å²) in [6.07, 6.45) is 7.14. The number of aromatic nitrogens is 3. The number of hydrogen-bond acceptors (Lipinski definition) is 7. The first-order valence-electron chi connectivity index (χ1n) is 11.5. The van der Waals surface area contributed by atoms with Crippen LogP contribution >= 0.6 is 0 Å². The van der Waals surface area contributed by atoms with Crippen LogP contribution in [0.2, 0.25) is 0 Å². The van der Waals surface area contributed by atoms with Crippen LogP contribution in [0.3, 0.4) is 0 Å². The van der Waals surface area contributed by atoms with Crippen LogP contribution in [0.15, 0.2) is 70.7 Å². The highest BCUT2D eigenvalue weighted by Gasteiger charge is 2.32. The number of benzene rings is 1. The second kappa shape index (κ2) is 9.55. The second-order valence-electron chi connectivity index (χ2n) is 8.49. The summed E-state index contributed by atoms with van der Waals surface area (Å²) in [5.41, 5.74) is 0.972. The van der Waals surface area contributed by atoms with Gasteiger partial charge in [-0.3, -0.25) is 4.79 Å². The summed E-state index contributed by atoms with van der Waals surface area (Å²) in [6, 6.07) is 14.1. The van der Waals surface area contributed by atoms with Crippen molar-refractivity contribution in [2.24, 2.45) is 0 Å². The summed E-state index contributed by atoms with van der Waals surface area (Å²) in [4.78, 5) is 19.5. The van der Waals surface area contributed by atoms with Gasteiger partial charge in [-0.05, 0) is 49.9 Å². The highest BCUT2D eigenvalue weighted by Crippen LogP contribution is 2.30. The molecule has 3 aromatic rings. The van der Waals surface area contributed by atoms with E-state index in [-0.39, 0.29) is 35.5 Å².